The van der Waals surface area contributed by atoms with Crippen molar-refractivity contribution in [3.05, 3.63) is 41.6 Å². The second kappa shape index (κ2) is 6.40. The maximum absolute atomic E-state index is 12.1. The van der Waals surface area contributed by atoms with Gasteiger partial charge in [0.1, 0.15) is 23.3 Å². The molecule has 5 nitrogen and oxygen atoms in total. The van der Waals surface area contributed by atoms with Crippen LogP contribution >= 0.6 is 0 Å². The van der Waals surface area contributed by atoms with E-state index >= 15 is 0 Å². The van der Waals surface area contributed by atoms with Gasteiger partial charge in [-0.2, -0.15) is 10.5 Å². The lowest BCUT2D eigenvalue weighted by Gasteiger charge is -2.20. The van der Waals surface area contributed by atoms with E-state index in [1.54, 1.807) is 57.2 Å². The molecule has 0 saturated carbocycles. The van der Waals surface area contributed by atoms with Gasteiger partial charge in [-0.05, 0) is 32.9 Å². The molecule has 0 saturated heterocycles. The van der Waals surface area contributed by atoms with Crippen LogP contribution in [0.15, 0.2) is 36.0 Å². The molecule has 0 bridgehead atoms. The molecule has 0 aromatic heterocycles. The van der Waals surface area contributed by atoms with Gasteiger partial charge in [0.25, 0.3) is 0 Å². The molecule has 5 heteroatoms. The van der Waals surface area contributed by atoms with Crippen LogP contribution in [-0.2, 0) is 4.74 Å². The van der Waals surface area contributed by atoms with Gasteiger partial charge in [-0.15, -0.1) is 0 Å². The summed E-state index contributed by atoms with van der Waals surface area (Å²) < 4.78 is 5.29. The number of benzene rings is 1. The Balaban J connectivity index is 3.01. The fourth-order valence-corrected chi connectivity index (χ4v) is 1.36. The molecule has 0 aliphatic rings. The van der Waals surface area contributed by atoms with Crippen molar-refractivity contribution >= 4 is 11.7 Å². The van der Waals surface area contributed by atoms with Crippen LogP contribution < -0.4 is 5.32 Å². The number of carbonyl (C=O) groups is 1. The van der Waals surface area contributed by atoms with Gasteiger partial charge in [0.15, 0.2) is 0 Å². The molecule has 0 spiro atoms. The van der Waals surface area contributed by atoms with E-state index in [0.29, 0.717) is 11.3 Å². The highest BCUT2D eigenvalue weighted by Crippen LogP contribution is 2.19. The number of ether oxygens (including phenoxy) is 1. The summed E-state index contributed by atoms with van der Waals surface area (Å²) in [6.07, 6.45) is 1.25. The van der Waals surface area contributed by atoms with E-state index in [1.807, 2.05) is 0 Å². The average molecular weight is 269 g/mol. The molecule has 20 heavy (non-hydrogen) atoms. The summed E-state index contributed by atoms with van der Waals surface area (Å²) in [5.74, 6) is -0.468. The Morgan fingerprint density at radius 2 is 1.85 bits per heavy atom. The van der Waals surface area contributed by atoms with Crippen LogP contribution in [0.2, 0.25) is 0 Å². The van der Waals surface area contributed by atoms with E-state index in [1.165, 1.54) is 6.20 Å². The van der Waals surface area contributed by atoms with Gasteiger partial charge in [0.05, 0.1) is 11.3 Å². The van der Waals surface area contributed by atoms with Crippen LogP contribution in [-0.4, -0.2) is 11.6 Å². The Morgan fingerprint density at radius 3 is 2.40 bits per heavy atom. The van der Waals surface area contributed by atoms with Gasteiger partial charge < -0.3 is 10.1 Å². The molecule has 1 aromatic carbocycles. The van der Waals surface area contributed by atoms with E-state index in [9.17, 15) is 4.79 Å². The summed E-state index contributed by atoms with van der Waals surface area (Å²) >= 11 is 0. The van der Waals surface area contributed by atoms with Crippen molar-refractivity contribution in [3.63, 3.8) is 0 Å². The van der Waals surface area contributed by atoms with Gasteiger partial charge >= 0.3 is 5.97 Å². The smallest absolute Gasteiger partial charge is 0.340 e. The molecular formula is C15H15N3O2. The standard InChI is InChI=1S/C15H15N3O2/c1-15(2,3)20-14(19)12-6-4-5-7-13(12)18-10-11(8-16)9-17/h4-7,10,18H,1-3H3. The van der Waals surface area contributed by atoms with Crippen LogP contribution in [0.3, 0.4) is 0 Å². The molecule has 0 atom stereocenters. The molecule has 1 aromatic rings. The number of nitrogens with one attached hydrogen (secondary N) is 1. The number of hydrogen-bond acceptors (Lipinski definition) is 5. The second-order valence-corrected chi connectivity index (χ2v) is 4.97. The second-order valence-electron chi connectivity index (χ2n) is 4.97. The number of carbonyl (C=O) groups excluding carboxylic acids is 1. The first kappa shape index (κ1) is 15.3. The summed E-state index contributed by atoms with van der Waals surface area (Å²) in [5.41, 5.74) is 0.146. The van der Waals surface area contributed by atoms with Crippen molar-refractivity contribution < 1.29 is 9.53 Å². The lowest BCUT2D eigenvalue weighted by molar-refractivity contribution is 0.00707. The number of rotatable bonds is 3. The highest BCUT2D eigenvalue weighted by atomic mass is 16.6. The highest BCUT2D eigenvalue weighted by molar-refractivity contribution is 5.96. The summed E-state index contributed by atoms with van der Waals surface area (Å²) in [6.45, 7) is 5.35. The first-order valence-corrected chi connectivity index (χ1v) is 5.96. The summed E-state index contributed by atoms with van der Waals surface area (Å²) in [4.78, 5) is 12.1. The van der Waals surface area contributed by atoms with Crippen molar-refractivity contribution in [1.29, 1.82) is 10.5 Å². The van der Waals surface area contributed by atoms with Crippen LogP contribution in [0.5, 0.6) is 0 Å². The minimum atomic E-state index is -0.593. The Labute approximate surface area is 118 Å². The molecule has 0 unspecified atom stereocenters. The van der Waals surface area contributed by atoms with Gasteiger partial charge in [0, 0.05) is 6.20 Å². The summed E-state index contributed by atoms with van der Waals surface area (Å²) in [5, 5.41) is 20.1. The minimum absolute atomic E-state index is 0.0796. The number of hydrogen-bond donors (Lipinski definition) is 1. The van der Waals surface area contributed by atoms with Gasteiger partial charge in [-0.1, -0.05) is 12.1 Å². The average Bonchev–Trinajstić information content (AvgIpc) is 2.38. The Bertz CT molecular complexity index is 597. The predicted octanol–water partition coefficient (Wildman–Crippen LogP) is 2.98. The predicted molar refractivity (Wildman–Crippen MR) is 74.5 cm³/mol. The largest absolute Gasteiger partial charge is 0.456 e. The number of esters is 1. The number of allylic oxidation sites excluding steroid dienone is 1. The van der Waals surface area contributed by atoms with Crippen molar-refractivity contribution in [2.45, 2.75) is 26.4 Å². The van der Waals surface area contributed by atoms with Gasteiger partial charge in [-0.25, -0.2) is 4.79 Å². The third-order valence-corrected chi connectivity index (χ3v) is 2.16. The van der Waals surface area contributed by atoms with E-state index in [-0.39, 0.29) is 5.57 Å². The van der Waals surface area contributed by atoms with Crippen molar-refractivity contribution in [2.24, 2.45) is 0 Å². The van der Waals surface area contributed by atoms with Crippen molar-refractivity contribution in [3.8, 4) is 12.1 Å². The van der Waals surface area contributed by atoms with Crippen LogP contribution in [0.25, 0.3) is 0 Å². The SMILES string of the molecule is CC(C)(C)OC(=O)c1ccccc1NC=C(C#N)C#N. The summed E-state index contributed by atoms with van der Waals surface area (Å²) in [6, 6.07) is 10.2. The number of para-hydroxylation sites is 1. The molecule has 0 radical (unpaired) electrons. The van der Waals surface area contributed by atoms with Crippen molar-refractivity contribution in [1.82, 2.24) is 0 Å². The minimum Gasteiger partial charge on any atom is -0.456 e. The van der Waals surface area contributed by atoms with Crippen LogP contribution in [0, 0.1) is 22.7 Å². The maximum Gasteiger partial charge on any atom is 0.340 e. The molecule has 0 heterocycles. The molecule has 0 amide bonds. The Kier molecular flexibility index (Phi) is 4.88. The third kappa shape index (κ3) is 4.47. The number of nitrogens with zero attached hydrogens (tertiary/aromatic N) is 2. The maximum atomic E-state index is 12.1. The molecule has 0 aliphatic heterocycles. The number of anilines is 1. The fourth-order valence-electron chi connectivity index (χ4n) is 1.36. The molecule has 0 aliphatic carbocycles. The van der Waals surface area contributed by atoms with Crippen molar-refractivity contribution in [2.75, 3.05) is 5.32 Å². The van der Waals surface area contributed by atoms with E-state index in [2.05, 4.69) is 5.32 Å². The monoisotopic (exact) mass is 269 g/mol. The Morgan fingerprint density at radius 1 is 1.25 bits per heavy atom. The van der Waals surface area contributed by atoms with Crippen LogP contribution in [0.4, 0.5) is 5.69 Å². The molecule has 102 valence electrons. The lowest BCUT2D eigenvalue weighted by atomic mass is 10.1. The van der Waals surface area contributed by atoms with E-state index < -0.39 is 11.6 Å². The first-order valence-electron chi connectivity index (χ1n) is 5.96. The van der Waals surface area contributed by atoms with Gasteiger partial charge in [0.2, 0.25) is 0 Å². The summed E-state index contributed by atoms with van der Waals surface area (Å²) in [7, 11) is 0. The lowest BCUT2D eigenvalue weighted by Crippen LogP contribution is -2.24. The topological polar surface area (TPSA) is 85.9 Å². The highest BCUT2D eigenvalue weighted by Gasteiger charge is 2.19. The third-order valence-electron chi connectivity index (χ3n) is 2.16. The number of nitriles is 2. The zero-order valence-corrected chi connectivity index (χ0v) is 11.6. The van der Waals surface area contributed by atoms with E-state index in [4.69, 9.17) is 15.3 Å². The first-order chi connectivity index (χ1) is 9.37. The fraction of sp³-hybridized carbons (Fsp3) is 0.267. The zero-order valence-electron chi connectivity index (χ0n) is 11.6. The Hall–Kier alpha value is -2.79. The molecular weight excluding hydrogens is 254 g/mol. The quantitative estimate of drug-likeness (QED) is 0.673. The zero-order chi connectivity index (χ0) is 15.2. The van der Waals surface area contributed by atoms with Crippen LogP contribution in [0.1, 0.15) is 31.1 Å². The molecule has 0 fully saturated rings. The molecule has 1 N–H and O–H groups in total. The molecule has 1 rings (SSSR count). The van der Waals surface area contributed by atoms with Gasteiger partial charge in [-0.3, -0.25) is 0 Å². The van der Waals surface area contributed by atoms with E-state index in [0.717, 1.165) is 0 Å². The normalized spacial score (nSPS) is 9.85.